The van der Waals surface area contributed by atoms with E-state index in [2.05, 4.69) is 5.32 Å². The lowest BCUT2D eigenvalue weighted by molar-refractivity contribution is -0.384. The van der Waals surface area contributed by atoms with Crippen LogP contribution < -0.4 is 5.32 Å². The number of nitro benzene ring substituents is 1. The lowest BCUT2D eigenvalue weighted by atomic mass is 9.92. The highest BCUT2D eigenvalue weighted by Gasteiger charge is 2.23. The molecule has 27 heavy (non-hydrogen) atoms. The first-order valence-corrected chi connectivity index (χ1v) is 8.75. The Balaban J connectivity index is 2.19. The maximum Gasteiger partial charge on any atom is 0.269 e. The van der Waals surface area contributed by atoms with Crippen molar-refractivity contribution in [1.29, 1.82) is 0 Å². The van der Waals surface area contributed by atoms with Gasteiger partial charge in [0.15, 0.2) is 0 Å². The SMILES string of the molecule is CCCC(=O)N[C@H](c1cccc([N+](=O)[O-])c1)c1c(O)ccc2ccccc12. The van der Waals surface area contributed by atoms with E-state index in [4.69, 9.17) is 0 Å². The Labute approximate surface area is 156 Å². The summed E-state index contributed by atoms with van der Waals surface area (Å²) in [6.07, 6.45) is 1.01. The summed E-state index contributed by atoms with van der Waals surface area (Å²) in [5, 5.41) is 26.4. The second kappa shape index (κ2) is 7.86. The van der Waals surface area contributed by atoms with Crippen molar-refractivity contribution in [3.8, 4) is 5.75 Å². The molecule has 0 spiro atoms. The number of aromatic hydroxyl groups is 1. The second-order valence-corrected chi connectivity index (χ2v) is 6.32. The minimum atomic E-state index is -0.699. The van der Waals surface area contributed by atoms with Gasteiger partial charge in [-0.2, -0.15) is 0 Å². The van der Waals surface area contributed by atoms with E-state index in [1.54, 1.807) is 24.3 Å². The number of amides is 1. The Hall–Kier alpha value is -3.41. The van der Waals surface area contributed by atoms with Crippen molar-refractivity contribution >= 4 is 22.4 Å². The Morgan fingerprint density at radius 1 is 1.15 bits per heavy atom. The molecule has 6 nitrogen and oxygen atoms in total. The first kappa shape index (κ1) is 18.4. The van der Waals surface area contributed by atoms with E-state index in [-0.39, 0.29) is 17.3 Å². The number of carbonyl (C=O) groups excluding carboxylic acids is 1. The van der Waals surface area contributed by atoms with Crippen LogP contribution in [0.15, 0.2) is 60.7 Å². The predicted molar refractivity (Wildman–Crippen MR) is 104 cm³/mol. The van der Waals surface area contributed by atoms with E-state index in [1.165, 1.54) is 12.1 Å². The molecule has 0 heterocycles. The summed E-state index contributed by atoms with van der Waals surface area (Å²) in [5.41, 5.74) is 1.00. The zero-order valence-electron chi connectivity index (χ0n) is 14.9. The summed E-state index contributed by atoms with van der Waals surface area (Å²) >= 11 is 0. The Morgan fingerprint density at radius 2 is 1.93 bits per heavy atom. The lowest BCUT2D eigenvalue weighted by Gasteiger charge is -2.22. The first-order valence-electron chi connectivity index (χ1n) is 8.75. The Bertz CT molecular complexity index is 1000. The van der Waals surface area contributed by atoms with Gasteiger partial charge in [-0.15, -0.1) is 0 Å². The van der Waals surface area contributed by atoms with E-state index in [9.17, 15) is 20.0 Å². The highest BCUT2D eigenvalue weighted by Crippen LogP contribution is 2.36. The quantitative estimate of drug-likeness (QED) is 0.499. The standard InChI is InChI=1S/C21H20N2O4/c1-2-6-19(25)22-21(15-8-5-9-16(13-15)23(26)27)20-17-10-4-3-7-14(17)11-12-18(20)24/h3-5,7-13,21,24H,2,6H2,1H3,(H,22,25)/t21-/m1/s1. The van der Waals surface area contributed by atoms with Gasteiger partial charge in [-0.3, -0.25) is 14.9 Å². The molecule has 0 radical (unpaired) electrons. The monoisotopic (exact) mass is 364 g/mol. The van der Waals surface area contributed by atoms with Crippen LogP contribution in [-0.4, -0.2) is 15.9 Å². The van der Waals surface area contributed by atoms with Gasteiger partial charge in [0.2, 0.25) is 5.91 Å². The fourth-order valence-corrected chi connectivity index (χ4v) is 3.19. The van der Waals surface area contributed by atoms with Crippen molar-refractivity contribution in [2.24, 2.45) is 0 Å². The lowest BCUT2D eigenvalue weighted by Crippen LogP contribution is -2.29. The first-order chi connectivity index (χ1) is 13.0. The van der Waals surface area contributed by atoms with Gasteiger partial charge in [-0.05, 0) is 28.8 Å². The molecule has 3 aromatic carbocycles. The zero-order valence-corrected chi connectivity index (χ0v) is 14.9. The number of nitro groups is 1. The second-order valence-electron chi connectivity index (χ2n) is 6.32. The molecule has 3 rings (SSSR count). The molecule has 138 valence electrons. The van der Waals surface area contributed by atoms with Crippen molar-refractivity contribution in [2.45, 2.75) is 25.8 Å². The molecule has 0 saturated heterocycles. The van der Waals surface area contributed by atoms with Crippen LogP contribution in [0.3, 0.4) is 0 Å². The summed E-state index contributed by atoms with van der Waals surface area (Å²) in [4.78, 5) is 23.0. The minimum Gasteiger partial charge on any atom is -0.508 e. The predicted octanol–water partition coefficient (Wildman–Crippen LogP) is 4.46. The average molecular weight is 364 g/mol. The summed E-state index contributed by atoms with van der Waals surface area (Å²) < 4.78 is 0. The van der Waals surface area contributed by atoms with Crippen molar-refractivity contribution in [1.82, 2.24) is 5.32 Å². The molecule has 2 N–H and O–H groups in total. The third-order valence-electron chi connectivity index (χ3n) is 4.43. The van der Waals surface area contributed by atoms with Crippen LogP contribution in [0, 0.1) is 10.1 Å². The highest BCUT2D eigenvalue weighted by atomic mass is 16.6. The number of nitrogens with zero attached hydrogens (tertiary/aromatic N) is 1. The van der Waals surface area contributed by atoms with E-state index in [0.29, 0.717) is 24.0 Å². The maximum atomic E-state index is 12.3. The number of carbonyl (C=O) groups is 1. The van der Waals surface area contributed by atoms with Gasteiger partial charge in [0.05, 0.1) is 11.0 Å². The summed E-state index contributed by atoms with van der Waals surface area (Å²) in [5.74, 6) is -0.150. The van der Waals surface area contributed by atoms with Gasteiger partial charge >= 0.3 is 0 Å². The number of hydrogen-bond donors (Lipinski definition) is 2. The van der Waals surface area contributed by atoms with E-state index in [0.717, 1.165) is 10.8 Å². The molecule has 0 aliphatic carbocycles. The third-order valence-corrected chi connectivity index (χ3v) is 4.43. The van der Waals surface area contributed by atoms with Gasteiger partial charge in [-0.1, -0.05) is 49.4 Å². The molecule has 0 bridgehead atoms. The van der Waals surface area contributed by atoms with Gasteiger partial charge in [-0.25, -0.2) is 0 Å². The van der Waals surface area contributed by atoms with Gasteiger partial charge in [0, 0.05) is 24.1 Å². The smallest absolute Gasteiger partial charge is 0.269 e. The van der Waals surface area contributed by atoms with Gasteiger partial charge < -0.3 is 10.4 Å². The molecule has 1 amide bonds. The number of nitrogens with one attached hydrogen (secondary N) is 1. The largest absolute Gasteiger partial charge is 0.508 e. The highest BCUT2D eigenvalue weighted by molar-refractivity contribution is 5.89. The molecule has 0 aromatic heterocycles. The normalized spacial score (nSPS) is 11.9. The molecular weight excluding hydrogens is 344 g/mol. The number of phenolic OH excluding ortho intramolecular Hbond substituents is 1. The topological polar surface area (TPSA) is 92.5 Å². The number of hydrogen-bond acceptors (Lipinski definition) is 4. The van der Waals surface area contributed by atoms with E-state index in [1.807, 2.05) is 31.2 Å². The molecule has 0 unspecified atom stereocenters. The molecule has 0 saturated carbocycles. The summed E-state index contributed by atoms with van der Waals surface area (Å²) in [7, 11) is 0. The fraction of sp³-hybridized carbons (Fsp3) is 0.190. The van der Waals surface area contributed by atoms with E-state index >= 15 is 0 Å². The van der Waals surface area contributed by atoms with Crippen molar-refractivity contribution in [3.63, 3.8) is 0 Å². The number of rotatable bonds is 6. The van der Waals surface area contributed by atoms with Crippen molar-refractivity contribution in [2.75, 3.05) is 0 Å². The third kappa shape index (κ3) is 3.89. The van der Waals surface area contributed by atoms with Crippen LogP contribution in [0.1, 0.15) is 36.9 Å². The molecular formula is C21H20N2O4. The number of phenols is 1. The summed E-state index contributed by atoms with van der Waals surface area (Å²) in [6, 6.07) is 16.3. The van der Waals surface area contributed by atoms with Crippen molar-refractivity contribution in [3.05, 3.63) is 81.9 Å². The molecule has 0 aliphatic rings. The molecule has 6 heteroatoms. The molecule has 3 aromatic rings. The molecule has 1 atom stereocenters. The van der Waals surface area contributed by atoms with Crippen LogP contribution >= 0.6 is 0 Å². The zero-order chi connectivity index (χ0) is 19.4. The van der Waals surface area contributed by atoms with Crippen LogP contribution in [0.4, 0.5) is 5.69 Å². The Kier molecular flexibility index (Phi) is 5.35. The van der Waals surface area contributed by atoms with Crippen molar-refractivity contribution < 1.29 is 14.8 Å². The number of non-ortho nitro benzene ring substituents is 1. The fourth-order valence-electron chi connectivity index (χ4n) is 3.19. The van der Waals surface area contributed by atoms with Gasteiger partial charge in [0.25, 0.3) is 5.69 Å². The van der Waals surface area contributed by atoms with Crippen LogP contribution in [0.2, 0.25) is 0 Å². The maximum absolute atomic E-state index is 12.3. The number of fused-ring (bicyclic) bond motifs is 1. The number of benzene rings is 3. The van der Waals surface area contributed by atoms with E-state index < -0.39 is 11.0 Å². The van der Waals surface area contributed by atoms with Crippen LogP contribution in [0.5, 0.6) is 5.75 Å². The Morgan fingerprint density at radius 3 is 2.67 bits per heavy atom. The summed E-state index contributed by atoms with van der Waals surface area (Å²) in [6.45, 7) is 1.90. The van der Waals surface area contributed by atoms with Gasteiger partial charge in [0.1, 0.15) is 5.75 Å². The van der Waals surface area contributed by atoms with Crippen LogP contribution in [-0.2, 0) is 4.79 Å². The van der Waals surface area contributed by atoms with Crippen LogP contribution in [0.25, 0.3) is 10.8 Å². The average Bonchev–Trinajstić information content (AvgIpc) is 2.67. The molecule has 0 aliphatic heterocycles. The minimum absolute atomic E-state index is 0.0296. The molecule has 0 fully saturated rings.